The Balaban J connectivity index is 4.47. The molecule has 0 rings (SSSR count). The van der Waals surface area contributed by atoms with Crippen molar-refractivity contribution < 1.29 is 28.6 Å². The lowest BCUT2D eigenvalue weighted by atomic mass is 10.1. The van der Waals surface area contributed by atoms with E-state index in [0.29, 0.717) is 25.7 Å². The van der Waals surface area contributed by atoms with Crippen LogP contribution in [-0.4, -0.2) is 37.2 Å². The van der Waals surface area contributed by atoms with Crippen LogP contribution in [0.15, 0.2) is 122 Å². The Morgan fingerprint density at radius 3 is 0.955 bits per heavy atom. The third kappa shape index (κ3) is 52.6. The Morgan fingerprint density at radius 2 is 0.582 bits per heavy atom. The minimum absolute atomic E-state index is 0.104. The minimum atomic E-state index is -0.808. The van der Waals surface area contributed by atoms with Crippen LogP contribution in [0, 0.1) is 0 Å². The van der Waals surface area contributed by atoms with E-state index in [4.69, 9.17) is 14.2 Å². The molecule has 0 aromatic carbocycles. The zero-order valence-electron chi connectivity index (χ0n) is 43.1. The Morgan fingerprint density at radius 1 is 0.313 bits per heavy atom. The normalized spacial score (nSPS) is 13.1. The number of rotatable bonds is 47. The first kappa shape index (κ1) is 62.8. The van der Waals surface area contributed by atoms with Crippen LogP contribution in [-0.2, 0) is 28.6 Å². The fraction of sp³-hybridized carbons (Fsp3) is 0.623. The van der Waals surface area contributed by atoms with Crippen molar-refractivity contribution in [1.29, 1.82) is 0 Å². The van der Waals surface area contributed by atoms with Gasteiger partial charge in [-0.05, 0) is 122 Å². The Hall–Kier alpha value is -4.19. The maximum absolute atomic E-state index is 12.8. The largest absolute Gasteiger partial charge is 0.462 e. The summed E-state index contributed by atoms with van der Waals surface area (Å²) in [5, 5.41) is 0. The molecule has 0 heterocycles. The SMILES string of the molecule is CC/C=C\C/C=C\C/C=C\C/C=C\C/C=C\C/C=C\CCCCC(=O)OCC(COC(=O)CCCCCCC/C=C\CCCC)OC(=O)CCCCCCCCC/C=C\C/C=C\C/C=C\CC. The summed E-state index contributed by atoms with van der Waals surface area (Å²) in [7, 11) is 0. The number of carbonyl (C=O) groups excluding carboxylic acids is 3. The number of allylic oxidation sites excluding steroid dienone is 20. The molecule has 378 valence electrons. The minimum Gasteiger partial charge on any atom is -0.462 e. The van der Waals surface area contributed by atoms with Crippen LogP contribution in [0.25, 0.3) is 0 Å². The second-order valence-corrected chi connectivity index (χ2v) is 17.4. The molecule has 0 aliphatic carbocycles. The van der Waals surface area contributed by atoms with Crippen molar-refractivity contribution >= 4 is 17.9 Å². The third-order valence-electron chi connectivity index (χ3n) is 10.9. The highest BCUT2D eigenvalue weighted by Crippen LogP contribution is 2.13. The van der Waals surface area contributed by atoms with Crippen molar-refractivity contribution in [1.82, 2.24) is 0 Å². The molecule has 0 N–H and O–H groups in total. The van der Waals surface area contributed by atoms with Crippen LogP contribution >= 0.6 is 0 Å². The van der Waals surface area contributed by atoms with E-state index in [1.807, 2.05) is 0 Å². The third-order valence-corrected chi connectivity index (χ3v) is 10.9. The van der Waals surface area contributed by atoms with Crippen LogP contribution in [0.1, 0.15) is 226 Å². The number of esters is 3. The van der Waals surface area contributed by atoms with Crippen LogP contribution in [0.5, 0.6) is 0 Å². The molecule has 67 heavy (non-hydrogen) atoms. The highest BCUT2D eigenvalue weighted by atomic mass is 16.6. The number of carbonyl (C=O) groups is 3. The molecule has 0 amide bonds. The van der Waals surface area contributed by atoms with Gasteiger partial charge >= 0.3 is 17.9 Å². The van der Waals surface area contributed by atoms with Gasteiger partial charge in [0.25, 0.3) is 0 Å². The van der Waals surface area contributed by atoms with E-state index in [-0.39, 0.29) is 31.1 Å². The molecule has 0 aliphatic rings. The van der Waals surface area contributed by atoms with Gasteiger partial charge in [-0.2, -0.15) is 0 Å². The molecule has 1 unspecified atom stereocenters. The molecule has 0 spiro atoms. The summed E-state index contributed by atoms with van der Waals surface area (Å²) in [6.45, 7) is 6.31. The molecule has 6 heteroatoms. The number of ether oxygens (including phenoxy) is 3. The molecule has 0 saturated carbocycles. The van der Waals surface area contributed by atoms with Gasteiger partial charge in [-0.15, -0.1) is 0 Å². The summed E-state index contributed by atoms with van der Waals surface area (Å²) in [6.07, 6.45) is 74.7. The fourth-order valence-corrected chi connectivity index (χ4v) is 6.91. The molecule has 6 nitrogen and oxygen atoms in total. The summed E-state index contributed by atoms with van der Waals surface area (Å²) in [5.41, 5.74) is 0. The Labute approximate surface area is 412 Å². The molecule has 0 aromatic rings. The van der Waals surface area contributed by atoms with E-state index < -0.39 is 6.10 Å². The number of hydrogen-bond acceptors (Lipinski definition) is 6. The van der Waals surface area contributed by atoms with Gasteiger partial charge in [0.05, 0.1) is 0 Å². The van der Waals surface area contributed by atoms with Gasteiger partial charge in [-0.25, -0.2) is 0 Å². The fourth-order valence-electron chi connectivity index (χ4n) is 6.91. The van der Waals surface area contributed by atoms with E-state index in [1.54, 1.807) is 0 Å². The van der Waals surface area contributed by atoms with Gasteiger partial charge in [0.2, 0.25) is 0 Å². The van der Waals surface area contributed by atoms with Gasteiger partial charge in [-0.1, -0.05) is 206 Å². The average Bonchev–Trinajstić information content (AvgIpc) is 3.33. The lowest BCUT2D eigenvalue weighted by Gasteiger charge is -2.18. The highest BCUT2D eigenvalue weighted by molar-refractivity contribution is 5.71. The topological polar surface area (TPSA) is 78.9 Å². The van der Waals surface area contributed by atoms with Gasteiger partial charge in [0, 0.05) is 19.3 Å². The summed E-state index contributed by atoms with van der Waals surface area (Å²) in [6, 6.07) is 0. The monoisotopic (exact) mass is 927 g/mol. The highest BCUT2D eigenvalue weighted by Gasteiger charge is 2.19. The molecule has 0 saturated heterocycles. The molecule has 0 aliphatic heterocycles. The second kappa shape index (κ2) is 54.4. The predicted molar refractivity (Wildman–Crippen MR) is 288 cm³/mol. The van der Waals surface area contributed by atoms with Crippen molar-refractivity contribution in [3.63, 3.8) is 0 Å². The van der Waals surface area contributed by atoms with Crippen molar-refractivity contribution in [3.05, 3.63) is 122 Å². The zero-order chi connectivity index (χ0) is 48.6. The smallest absolute Gasteiger partial charge is 0.306 e. The van der Waals surface area contributed by atoms with Gasteiger partial charge in [-0.3, -0.25) is 14.4 Å². The molecule has 0 fully saturated rings. The molecule has 0 bridgehead atoms. The van der Waals surface area contributed by atoms with Gasteiger partial charge in [0.1, 0.15) is 13.2 Å². The number of hydrogen-bond donors (Lipinski definition) is 0. The van der Waals surface area contributed by atoms with Crippen LogP contribution < -0.4 is 0 Å². The van der Waals surface area contributed by atoms with E-state index in [1.165, 1.54) is 51.4 Å². The lowest BCUT2D eigenvalue weighted by Crippen LogP contribution is -2.30. The maximum atomic E-state index is 12.8. The molecule has 1 atom stereocenters. The van der Waals surface area contributed by atoms with Crippen molar-refractivity contribution in [2.24, 2.45) is 0 Å². The van der Waals surface area contributed by atoms with E-state index in [9.17, 15) is 14.4 Å². The van der Waals surface area contributed by atoms with Crippen LogP contribution in [0.2, 0.25) is 0 Å². The van der Waals surface area contributed by atoms with Crippen LogP contribution in [0.3, 0.4) is 0 Å². The second-order valence-electron chi connectivity index (χ2n) is 17.4. The Bertz CT molecular complexity index is 1440. The first-order chi connectivity index (χ1) is 33.0. The predicted octanol–water partition coefficient (Wildman–Crippen LogP) is 18.1. The maximum Gasteiger partial charge on any atom is 0.306 e. The lowest BCUT2D eigenvalue weighted by molar-refractivity contribution is -0.167. The first-order valence-corrected chi connectivity index (χ1v) is 27.0. The standard InChI is InChI=1S/C61H98O6/c1-4-7-10-13-16-19-22-24-26-28-29-30-31-33-34-36-39-42-45-48-51-54-60(63)66-57-58(56-65-59(62)53-50-47-44-41-38-21-18-15-12-9-6-3)67-61(64)55-52-49-46-43-40-37-35-32-27-25-23-20-17-14-11-8-5-2/h7-8,10-11,15-20,24-27,29-30,33-34,39,42,58H,4-6,9,12-14,21-23,28,31-32,35-38,40-41,43-57H2,1-3H3/b10-7-,11-8-,18-15-,19-16-,20-17-,26-24-,27-25-,30-29-,34-33-,42-39-. The zero-order valence-corrected chi connectivity index (χ0v) is 43.1. The van der Waals surface area contributed by atoms with Crippen molar-refractivity contribution in [2.75, 3.05) is 13.2 Å². The average molecular weight is 927 g/mol. The molecule has 0 aromatic heterocycles. The summed E-state index contributed by atoms with van der Waals surface area (Å²) in [5.74, 6) is -0.974. The summed E-state index contributed by atoms with van der Waals surface area (Å²) in [4.78, 5) is 38.0. The Kier molecular flexibility index (Phi) is 51.0. The van der Waals surface area contributed by atoms with Crippen molar-refractivity contribution in [3.8, 4) is 0 Å². The molecular formula is C61H98O6. The van der Waals surface area contributed by atoms with Gasteiger partial charge < -0.3 is 14.2 Å². The molecule has 0 radical (unpaired) electrons. The first-order valence-electron chi connectivity index (χ1n) is 27.0. The van der Waals surface area contributed by atoms with E-state index in [2.05, 4.69) is 142 Å². The number of unbranched alkanes of at least 4 members (excludes halogenated alkanes) is 16. The van der Waals surface area contributed by atoms with Crippen LogP contribution in [0.4, 0.5) is 0 Å². The van der Waals surface area contributed by atoms with E-state index in [0.717, 1.165) is 128 Å². The summed E-state index contributed by atoms with van der Waals surface area (Å²) < 4.78 is 16.8. The van der Waals surface area contributed by atoms with E-state index >= 15 is 0 Å². The summed E-state index contributed by atoms with van der Waals surface area (Å²) >= 11 is 0. The van der Waals surface area contributed by atoms with Gasteiger partial charge in [0.15, 0.2) is 6.10 Å². The quantitative estimate of drug-likeness (QED) is 0.0262. The molecular weight excluding hydrogens is 829 g/mol. The van der Waals surface area contributed by atoms with Crippen molar-refractivity contribution in [2.45, 2.75) is 232 Å².